The lowest BCUT2D eigenvalue weighted by Gasteiger charge is -2.33. The van der Waals surface area contributed by atoms with Crippen LogP contribution in [0.25, 0.3) is 0 Å². The number of carbonyl (C=O) groups excluding carboxylic acids is 1. The first-order valence-electron chi connectivity index (χ1n) is 6.41. The minimum absolute atomic E-state index is 0.0866. The predicted octanol–water partition coefficient (Wildman–Crippen LogP) is 1.41. The molecule has 20 heavy (non-hydrogen) atoms. The van der Waals surface area contributed by atoms with Gasteiger partial charge in [-0.2, -0.15) is 8.42 Å². The highest BCUT2D eigenvalue weighted by Crippen LogP contribution is 2.38. The van der Waals surface area contributed by atoms with E-state index in [1.807, 2.05) is 24.3 Å². The summed E-state index contributed by atoms with van der Waals surface area (Å²) < 4.78 is 40.6. The molecule has 5 nitrogen and oxygen atoms in total. The standard InChI is InChI=1S/C13H14FNO4S/c14-20(17,18)9-7-13(16)15(8-9)11-5-6-19-12-4-2-1-3-10(11)12/h1-4,9,11H,5-8H2. The number of hydrogen-bond donors (Lipinski definition) is 0. The fraction of sp³-hybridized carbons (Fsp3) is 0.462. The van der Waals surface area contributed by atoms with Crippen LogP contribution in [0.2, 0.25) is 0 Å². The van der Waals surface area contributed by atoms with Crippen LogP contribution in [0.4, 0.5) is 3.89 Å². The molecular formula is C13H14FNO4S. The smallest absolute Gasteiger partial charge is 0.307 e. The van der Waals surface area contributed by atoms with E-state index in [9.17, 15) is 17.1 Å². The van der Waals surface area contributed by atoms with E-state index >= 15 is 0 Å². The zero-order valence-corrected chi connectivity index (χ0v) is 11.5. The molecular weight excluding hydrogens is 285 g/mol. The van der Waals surface area contributed by atoms with Gasteiger partial charge in [-0.3, -0.25) is 4.79 Å². The second kappa shape index (κ2) is 4.73. The van der Waals surface area contributed by atoms with Crippen molar-refractivity contribution < 1.29 is 21.8 Å². The fourth-order valence-corrected chi connectivity index (χ4v) is 3.51. The Labute approximate surface area is 116 Å². The van der Waals surface area contributed by atoms with Gasteiger partial charge in [-0.15, -0.1) is 3.89 Å². The highest BCUT2D eigenvalue weighted by Gasteiger charge is 2.42. The molecule has 1 saturated heterocycles. The van der Waals surface area contributed by atoms with Crippen LogP contribution in [0.15, 0.2) is 24.3 Å². The van der Waals surface area contributed by atoms with Gasteiger partial charge >= 0.3 is 10.2 Å². The Balaban J connectivity index is 1.90. The van der Waals surface area contributed by atoms with Gasteiger partial charge in [0.1, 0.15) is 11.0 Å². The molecule has 1 fully saturated rings. The number of para-hydroxylation sites is 1. The molecule has 2 aliphatic heterocycles. The van der Waals surface area contributed by atoms with Crippen molar-refractivity contribution in [2.24, 2.45) is 0 Å². The second-order valence-corrected chi connectivity index (χ2v) is 6.66. The van der Waals surface area contributed by atoms with Gasteiger partial charge in [-0.1, -0.05) is 18.2 Å². The Morgan fingerprint density at radius 2 is 2.05 bits per heavy atom. The average molecular weight is 299 g/mol. The van der Waals surface area contributed by atoms with Gasteiger partial charge in [-0.05, 0) is 6.07 Å². The molecule has 0 spiro atoms. The summed E-state index contributed by atoms with van der Waals surface area (Å²) in [6.45, 7) is 0.370. The quantitative estimate of drug-likeness (QED) is 0.775. The van der Waals surface area contributed by atoms with Crippen LogP contribution >= 0.6 is 0 Å². The molecule has 0 aliphatic carbocycles. The third-order valence-corrected chi connectivity index (χ3v) is 4.94. The van der Waals surface area contributed by atoms with Crippen molar-refractivity contribution in [3.05, 3.63) is 29.8 Å². The molecule has 2 aliphatic rings. The van der Waals surface area contributed by atoms with Crippen LogP contribution in [0.1, 0.15) is 24.4 Å². The van der Waals surface area contributed by atoms with Crippen LogP contribution in [-0.4, -0.2) is 37.6 Å². The fourth-order valence-electron chi connectivity index (χ4n) is 2.83. The minimum Gasteiger partial charge on any atom is -0.493 e. The summed E-state index contributed by atoms with van der Waals surface area (Å²) in [7, 11) is -4.68. The zero-order chi connectivity index (χ0) is 14.3. The second-order valence-electron chi connectivity index (χ2n) is 5.04. The molecule has 2 heterocycles. The lowest BCUT2D eigenvalue weighted by molar-refractivity contribution is -0.130. The summed E-state index contributed by atoms with van der Waals surface area (Å²) in [4.78, 5) is 13.5. The van der Waals surface area contributed by atoms with Crippen LogP contribution < -0.4 is 4.74 Å². The first kappa shape index (κ1) is 13.4. The highest BCUT2D eigenvalue weighted by molar-refractivity contribution is 7.87. The van der Waals surface area contributed by atoms with E-state index in [1.54, 1.807) is 0 Å². The van der Waals surface area contributed by atoms with E-state index in [0.717, 1.165) is 5.56 Å². The molecule has 1 aromatic carbocycles. The molecule has 0 saturated carbocycles. The number of amides is 1. The van der Waals surface area contributed by atoms with E-state index in [4.69, 9.17) is 4.74 Å². The van der Waals surface area contributed by atoms with Gasteiger partial charge in [0.25, 0.3) is 0 Å². The molecule has 0 N–H and O–H groups in total. The van der Waals surface area contributed by atoms with Crippen molar-refractivity contribution in [2.45, 2.75) is 24.1 Å². The lowest BCUT2D eigenvalue weighted by Crippen LogP contribution is -2.34. The third-order valence-electron chi connectivity index (χ3n) is 3.82. The number of halogens is 1. The van der Waals surface area contributed by atoms with Gasteiger partial charge < -0.3 is 9.64 Å². The topological polar surface area (TPSA) is 63.7 Å². The van der Waals surface area contributed by atoms with Crippen molar-refractivity contribution in [3.63, 3.8) is 0 Å². The first-order chi connectivity index (χ1) is 9.47. The molecule has 108 valence electrons. The Hall–Kier alpha value is -1.63. The number of benzene rings is 1. The number of ether oxygens (including phenoxy) is 1. The highest BCUT2D eigenvalue weighted by atomic mass is 32.3. The van der Waals surface area contributed by atoms with E-state index in [0.29, 0.717) is 18.8 Å². The molecule has 0 radical (unpaired) electrons. The van der Waals surface area contributed by atoms with Gasteiger partial charge in [-0.25, -0.2) is 0 Å². The maximum atomic E-state index is 13.1. The van der Waals surface area contributed by atoms with E-state index < -0.39 is 15.5 Å². The number of likely N-dealkylation sites (tertiary alicyclic amines) is 1. The predicted molar refractivity (Wildman–Crippen MR) is 69.4 cm³/mol. The molecule has 0 aromatic heterocycles. The largest absolute Gasteiger partial charge is 0.493 e. The van der Waals surface area contributed by atoms with Crippen molar-refractivity contribution in [2.75, 3.05) is 13.2 Å². The number of hydrogen-bond acceptors (Lipinski definition) is 4. The zero-order valence-electron chi connectivity index (χ0n) is 10.7. The molecule has 1 aromatic rings. The minimum atomic E-state index is -4.68. The number of nitrogens with zero attached hydrogens (tertiary/aromatic N) is 1. The van der Waals surface area contributed by atoms with Crippen LogP contribution in [0.3, 0.4) is 0 Å². The molecule has 0 bridgehead atoms. The van der Waals surface area contributed by atoms with Gasteiger partial charge in [0.2, 0.25) is 5.91 Å². The summed E-state index contributed by atoms with van der Waals surface area (Å²) >= 11 is 0. The van der Waals surface area contributed by atoms with Gasteiger partial charge in [0.15, 0.2) is 0 Å². The normalized spacial score (nSPS) is 26.2. The Morgan fingerprint density at radius 3 is 2.75 bits per heavy atom. The number of rotatable bonds is 2. The van der Waals surface area contributed by atoms with Gasteiger partial charge in [0.05, 0.1) is 12.6 Å². The summed E-state index contributed by atoms with van der Waals surface area (Å²) in [5, 5.41) is -1.25. The first-order valence-corrected chi connectivity index (χ1v) is 7.86. The molecule has 3 rings (SSSR count). The van der Waals surface area contributed by atoms with E-state index in [1.165, 1.54) is 4.90 Å². The molecule has 2 atom stereocenters. The van der Waals surface area contributed by atoms with E-state index in [-0.39, 0.29) is 24.9 Å². The van der Waals surface area contributed by atoms with Crippen molar-refractivity contribution in [3.8, 4) is 5.75 Å². The molecule has 1 amide bonds. The van der Waals surface area contributed by atoms with Gasteiger partial charge in [0, 0.05) is 24.9 Å². The third kappa shape index (κ3) is 2.26. The van der Waals surface area contributed by atoms with Crippen molar-refractivity contribution in [1.29, 1.82) is 0 Å². The summed E-state index contributed by atoms with van der Waals surface area (Å²) in [5.74, 6) is 0.376. The van der Waals surface area contributed by atoms with Crippen molar-refractivity contribution >= 4 is 16.1 Å². The summed E-state index contributed by atoms with van der Waals surface area (Å²) in [5.41, 5.74) is 0.851. The number of carbonyl (C=O) groups is 1. The summed E-state index contributed by atoms with van der Waals surface area (Å²) in [6, 6.07) is 7.10. The van der Waals surface area contributed by atoms with Crippen molar-refractivity contribution in [1.82, 2.24) is 4.90 Å². The van der Waals surface area contributed by atoms with E-state index in [2.05, 4.69) is 0 Å². The van der Waals surface area contributed by atoms with Crippen LogP contribution in [0, 0.1) is 0 Å². The Bertz CT molecular complexity index is 646. The van der Waals surface area contributed by atoms with Crippen LogP contribution in [-0.2, 0) is 15.0 Å². The maximum Gasteiger partial charge on any atom is 0.307 e. The maximum absolute atomic E-state index is 13.1. The summed E-state index contributed by atoms with van der Waals surface area (Å²) in [6.07, 6.45) is 0.306. The molecule has 7 heteroatoms. The Morgan fingerprint density at radius 1 is 1.30 bits per heavy atom. The monoisotopic (exact) mass is 299 g/mol. The SMILES string of the molecule is O=C1CC(S(=O)(=O)F)CN1C1CCOc2ccccc21. The average Bonchev–Trinajstić information content (AvgIpc) is 2.80. The Kier molecular flexibility index (Phi) is 3.16. The number of fused-ring (bicyclic) bond motifs is 1. The van der Waals surface area contributed by atoms with Crippen LogP contribution in [0.5, 0.6) is 5.75 Å². The lowest BCUT2D eigenvalue weighted by atomic mass is 9.99. The molecule has 2 unspecified atom stereocenters.